The minimum Gasteiger partial charge on any atom is -0.460 e. The number of benzene rings is 1. The first-order chi connectivity index (χ1) is 11.7. The average Bonchev–Trinajstić information content (AvgIpc) is 2.50. The van der Waals surface area contributed by atoms with Gasteiger partial charge in [0.25, 0.3) is 0 Å². The zero-order valence-electron chi connectivity index (χ0n) is 15.1. The Balaban J connectivity index is 2.20. The van der Waals surface area contributed by atoms with Crippen LogP contribution in [0.25, 0.3) is 0 Å². The molecule has 1 saturated heterocycles. The number of ether oxygens (including phenoxy) is 1. The Morgan fingerprint density at radius 3 is 2.28 bits per heavy atom. The van der Waals surface area contributed by atoms with Crippen molar-refractivity contribution in [2.45, 2.75) is 51.7 Å². The van der Waals surface area contributed by atoms with Crippen LogP contribution < -0.4 is 0 Å². The van der Waals surface area contributed by atoms with Crippen molar-refractivity contribution in [2.75, 3.05) is 19.7 Å². The van der Waals surface area contributed by atoms with Crippen molar-refractivity contribution in [3.05, 3.63) is 33.8 Å². The van der Waals surface area contributed by atoms with E-state index >= 15 is 0 Å². The SMILES string of the molecule is CC(C)(C)OC(=O)CC(c1cc(Cl)cc(Cl)c1)N1CCC(CO)CC1. The number of carbonyl (C=O) groups is 1. The molecule has 0 amide bonds. The minimum atomic E-state index is -0.516. The highest BCUT2D eigenvalue weighted by molar-refractivity contribution is 6.34. The summed E-state index contributed by atoms with van der Waals surface area (Å²) < 4.78 is 5.51. The van der Waals surface area contributed by atoms with E-state index in [-0.39, 0.29) is 25.0 Å². The molecule has 0 saturated carbocycles. The topological polar surface area (TPSA) is 49.8 Å². The molecule has 0 aliphatic carbocycles. The number of aliphatic hydroxyl groups excluding tert-OH is 1. The Morgan fingerprint density at radius 2 is 1.80 bits per heavy atom. The summed E-state index contributed by atoms with van der Waals surface area (Å²) in [5.41, 5.74) is 0.406. The first-order valence-electron chi connectivity index (χ1n) is 8.70. The lowest BCUT2D eigenvalue weighted by atomic mass is 9.93. The van der Waals surface area contributed by atoms with Crippen LogP contribution in [0.1, 0.15) is 51.6 Å². The molecule has 140 valence electrons. The predicted molar refractivity (Wildman–Crippen MR) is 101 cm³/mol. The number of carbonyl (C=O) groups excluding carboxylic acids is 1. The van der Waals surface area contributed by atoms with Gasteiger partial charge in [-0.2, -0.15) is 0 Å². The van der Waals surface area contributed by atoms with Crippen LogP contribution in [0.15, 0.2) is 18.2 Å². The molecule has 1 N–H and O–H groups in total. The molecule has 1 aromatic carbocycles. The fraction of sp³-hybridized carbons (Fsp3) is 0.632. The Morgan fingerprint density at radius 1 is 1.24 bits per heavy atom. The van der Waals surface area contributed by atoms with Gasteiger partial charge in [-0.1, -0.05) is 23.2 Å². The number of piperidine rings is 1. The third-order valence-corrected chi connectivity index (χ3v) is 4.83. The van der Waals surface area contributed by atoms with Gasteiger partial charge in [0.1, 0.15) is 5.60 Å². The van der Waals surface area contributed by atoms with E-state index in [2.05, 4.69) is 4.90 Å². The smallest absolute Gasteiger partial charge is 0.308 e. The van der Waals surface area contributed by atoms with Gasteiger partial charge in [-0.25, -0.2) is 0 Å². The molecule has 4 nitrogen and oxygen atoms in total. The lowest BCUT2D eigenvalue weighted by Crippen LogP contribution is -2.39. The average molecular weight is 388 g/mol. The third kappa shape index (κ3) is 6.45. The standard InChI is InChI=1S/C19H27Cl2NO3/c1-19(2,3)25-18(24)11-17(14-8-15(20)10-16(21)9-14)22-6-4-13(12-23)5-7-22/h8-10,13,17,23H,4-7,11-12H2,1-3H3. The lowest BCUT2D eigenvalue weighted by molar-refractivity contribution is -0.156. The molecule has 25 heavy (non-hydrogen) atoms. The number of hydrogen-bond donors (Lipinski definition) is 1. The molecule has 0 bridgehead atoms. The molecule has 2 rings (SSSR count). The molecule has 1 aliphatic rings. The minimum absolute atomic E-state index is 0.134. The van der Waals surface area contributed by atoms with Crippen LogP contribution in [0, 0.1) is 5.92 Å². The molecule has 1 aromatic rings. The zero-order valence-corrected chi connectivity index (χ0v) is 16.6. The van der Waals surface area contributed by atoms with E-state index in [4.69, 9.17) is 27.9 Å². The highest BCUT2D eigenvalue weighted by Gasteiger charge is 2.29. The molecule has 1 fully saturated rings. The normalized spacial score (nSPS) is 18.2. The monoisotopic (exact) mass is 387 g/mol. The van der Waals surface area contributed by atoms with Crippen molar-refractivity contribution in [3.8, 4) is 0 Å². The molecular formula is C19H27Cl2NO3. The largest absolute Gasteiger partial charge is 0.460 e. The summed E-state index contributed by atoms with van der Waals surface area (Å²) >= 11 is 12.3. The Labute approximate surface area is 160 Å². The maximum Gasteiger partial charge on any atom is 0.308 e. The van der Waals surface area contributed by atoms with E-state index in [1.807, 2.05) is 32.9 Å². The van der Waals surface area contributed by atoms with Crippen LogP contribution in [0.4, 0.5) is 0 Å². The van der Waals surface area contributed by atoms with Crippen LogP contribution in [0.3, 0.4) is 0 Å². The predicted octanol–water partition coefficient (Wildman–Crippen LogP) is 4.47. The number of hydrogen-bond acceptors (Lipinski definition) is 4. The summed E-state index contributed by atoms with van der Waals surface area (Å²) in [5, 5.41) is 10.5. The number of aliphatic hydroxyl groups is 1. The van der Waals surface area contributed by atoms with E-state index in [9.17, 15) is 9.90 Å². The maximum absolute atomic E-state index is 12.4. The number of likely N-dealkylation sites (tertiary alicyclic amines) is 1. The maximum atomic E-state index is 12.4. The van der Waals surface area contributed by atoms with Crippen molar-refractivity contribution in [1.29, 1.82) is 0 Å². The molecular weight excluding hydrogens is 361 g/mol. The molecule has 0 radical (unpaired) electrons. The number of esters is 1. The summed E-state index contributed by atoms with van der Waals surface area (Å²) in [7, 11) is 0. The highest BCUT2D eigenvalue weighted by atomic mass is 35.5. The van der Waals surface area contributed by atoms with Crippen molar-refractivity contribution in [3.63, 3.8) is 0 Å². The summed E-state index contributed by atoms with van der Waals surface area (Å²) in [6.45, 7) is 7.45. The number of nitrogens with zero attached hydrogens (tertiary/aromatic N) is 1. The van der Waals surface area contributed by atoms with Crippen LogP contribution in [0.2, 0.25) is 10.0 Å². The quantitative estimate of drug-likeness (QED) is 0.757. The fourth-order valence-electron chi connectivity index (χ4n) is 3.21. The van der Waals surface area contributed by atoms with Gasteiger partial charge in [0, 0.05) is 22.7 Å². The molecule has 6 heteroatoms. The number of rotatable bonds is 5. The van der Waals surface area contributed by atoms with E-state index < -0.39 is 5.60 Å². The van der Waals surface area contributed by atoms with Crippen LogP contribution in [-0.2, 0) is 9.53 Å². The van der Waals surface area contributed by atoms with Gasteiger partial charge < -0.3 is 9.84 Å². The van der Waals surface area contributed by atoms with Gasteiger partial charge in [0.15, 0.2) is 0 Å². The summed E-state index contributed by atoms with van der Waals surface area (Å²) in [6, 6.07) is 5.28. The lowest BCUT2D eigenvalue weighted by Gasteiger charge is -2.37. The molecule has 1 atom stereocenters. The van der Waals surface area contributed by atoms with E-state index in [0.717, 1.165) is 31.5 Å². The second kappa shape index (κ2) is 8.72. The van der Waals surface area contributed by atoms with Crippen molar-refractivity contribution >= 4 is 29.2 Å². The zero-order chi connectivity index (χ0) is 18.6. The Bertz CT molecular complexity index is 573. The van der Waals surface area contributed by atoms with Gasteiger partial charge in [0.2, 0.25) is 0 Å². The van der Waals surface area contributed by atoms with Crippen molar-refractivity contribution in [2.24, 2.45) is 5.92 Å². The van der Waals surface area contributed by atoms with Crippen LogP contribution in [0.5, 0.6) is 0 Å². The van der Waals surface area contributed by atoms with E-state index in [1.165, 1.54) is 0 Å². The van der Waals surface area contributed by atoms with Crippen LogP contribution in [-0.4, -0.2) is 41.3 Å². The van der Waals surface area contributed by atoms with Gasteiger partial charge in [-0.05, 0) is 76.4 Å². The molecule has 1 unspecified atom stereocenters. The van der Waals surface area contributed by atoms with Gasteiger partial charge in [0.05, 0.1) is 6.42 Å². The van der Waals surface area contributed by atoms with Gasteiger partial charge in [-0.3, -0.25) is 9.69 Å². The first kappa shape index (κ1) is 20.5. The van der Waals surface area contributed by atoms with Crippen LogP contribution >= 0.6 is 23.2 Å². The Kier molecular flexibility index (Phi) is 7.15. The molecule has 0 aromatic heterocycles. The van der Waals surface area contributed by atoms with Gasteiger partial charge >= 0.3 is 5.97 Å². The van der Waals surface area contributed by atoms with E-state index in [1.54, 1.807) is 6.07 Å². The Hall–Kier alpha value is -0.810. The summed E-state index contributed by atoms with van der Waals surface area (Å²) in [4.78, 5) is 14.7. The second-order valence-electron chi connectivity index (χ2n) is 7.67. The fourth-order valence-corrected chi connectivity index (χ4v) is 3.76. The number of halogens is 2. The summed E-state index contributed by atoms with van der Waals surface area (Å²) in [5.74, 6) is 0.0965. The first-order valence-corrected chi connectivity index (χ1v) is 9.46. The molecule has 0 spiro atoms. The van der Waals surface area contributed by atoms with E-state index in [0.29, 0.717) is 16.0 Å². The highest BCUT2D eigenvalue weighted by Crippen LogP contribution is 2.33. The third-order valence-electron chi connectivity index (χ3n) is 4.40. The van der Waals surface area contributed by atoms with Crippen molar-refractivity contribution < 1.29 is 14.6 Å². The molecule has 1 heterocycles. The second-order valence-corrected chi connectivity index (χ2v) is 8.54. The molecule has 1 aliphatic heterocycles. The van der Waals surface area contributed by atoms with Gasteiger partial charge in [-0.15, -0.1) is 0 Å². The summed E-state index contributed by atoms with van der Waals surface area (Å²) in [6.07, 6.45) is 2.07. The van der Waals surface area contributed by atoms with Crippen molar-refractivity contribution in [1.82, 2.24) is 4.90 Å².